The molecular formula is C20H16N4O8. The molecule has 3 amide bonds. The van der Waals surface area contributed by atoms with Crippen LogP contribution in [0.2, 0.25) is 0 Å². The molecule has 2 aromatic rings. The molecule has 0 saturated carbocycles. The molecule has 0 atom stereocenters. The molecule has 1 aliphatic heterocycles. The topological polar surface area (TPSA) is 154 Å². The lowest BCUT2D eigenvalue weighted by Gasteiger charge is -2.11. The summed E-state index contributed by atoms with van der Waals surface area (Å²) in [5.41, 5.74) is -0.504. The van der Waals surface area contributed by atoms with Crippen LogP contribution in [-0.4, -0.2) is 40.3 Å². The van der Waals surface area contributed by atoms with Crippen molar-refractivity contribution < 1.29 is 28.9 Å². The third-order valence-corrected chi connectivity index (χ3v) is 4.34. The second kappa shape index (κ2) is 8.95. The van der Waals surface area contributed by atoms with Crippen LogP contribution >= 0.6 is 0 Å². The summed E-state index contributed by atoms with van der Waals surface area (Å²) in [6, 6.07) is 6.90. The molecule has 0 unspecified atom stereocenters. The van der Waals surface area contributed by atoms with Crippen molar-refractivity contribution in [2.75, 3.05) is 13.7 Å². The molecule has 0 aromatic heterocycles. The van der Waals surface area contributed by atoms with Crippen molar-refractivity contribution in [1.82, 2.24) is 10.2 Å². The number of nitrogens with zero attached hydrogens (tertiary/aromatic N) is 3. The van der Waals surface area contributed by atoms with Gasteiger partial charge in [0, 0.05) is 12.6 Å². The highest BCUT2D eigenvalue weighted by Crippen LogP contribution is 2.38. The highest BCUT2D eigenvalue weighted by Gasteiger charge is 2.32. The zero-order valence-electron chi connectivity index (χ0n) is 16.6. The van der Waals surface area contributed by atoms with Crippen molar-refractivity contribution in [3.63, 3.8) is 0 Å². The molecular weight excluding hydrogens is 424 g/mol. The third-order valence-electron chi connectivity index (χ3n) is 4.34. The predicted octanol–water partition coefficient (Wildman–Crippen LogP) is 3.38. The molecule has 1 N–H and O–H groups in total. The van der Waals surface area contributed by atoms with E-state index in [0.29, 0.717) is 5.56 Å². The fourth-order valence-corrected chi connectivity index (χ4v) is 2.86. The van der Waals surface area contributed by atoms with Gasteiger partial charge in [0.25, 0.3) is 11.6 Å². The van der Waals surface area contributed by atoms with Gasteiger partial charge in [-0.05, 0) is 29.8 Å². The molecule has 12 heteroatoms. The van der Waals surface area contributed by atoms with Gasteiger partial charge < -0.3 is 14.8 Å². The average molecular weight is 440 g/mol. The molecule has 12 nitrogen and oxygen atoms in total. The molecule has 0 bridgehead atoms. The van der Waals surface area contributed by atoms with Crippen molar-refractivity contribution in [2.45, 2.75) is 0 Å². The average Bonchev–Trinajstić information content (AvgIpc) is 3.02. The summed E-state index contributed by atoms with van der Waals surface area (Å²) in [6.45, 7) is 3.56. The summed E-state index contributed by atoms with van der Waals surface area (Å²) in [5, 5.41) is 24.7. The zero-order chi connectivity index (χ0) is 23.4. The number of methoxy groups -OCH3 is 1. The molecule has 1 aliphatic rings. The van der Waals surface area contributed by atoms with E-state index in [1.807, 2.05) is 0 Å². The van der Waals surface area contributed by atoms with Crippen LogP contribution in [0.25, 0.3) is 6.08 Å². The summed E-state index contributed by atoms with van der Waals surface area (Å²) in [5.74, 6) is -0.465. The Labute approximate surface area is 180 Å². The smallest absolute Gasteiger partial charge is 0.329 e. The summed E-state index contributed by atoms with van der Waals surface area (Å²) in [6.07, 6.45) is 2.86. The summed E-state index contributed by atoms with van der Waals surface area (Å²) < 4.78 is 10.8. The number of nitro groups is 2. The van der Waals surface area contributed by atoms with E-state index in [-0.39, 0.29) is 29.5 Å². The molecule has 2 aromatic carbocycles. The Kier molecular flexibility index (Phi) is 6.14. The fraction of sp³-hybridized carbons (Fsp3) is 0.100. The number of rotatable bonds is 8. The second-order valence-electron chi connectivity index (χ2n) is 6.37. The van der Waals surface area contributed by atoms with Crippen LogP contribution in [0.1, 0.15) is 5.56 Å². The van der Waals surface area contributed by atoms with Gasteiger partial charge in [-0.25, -0.2) is 4.79 Å². The molecule has 0 radical (unpaired) electrons. The highest BCUT2D eigenvalue weighted by atomic mass is 16.6. The van der Waals surface area contributed by atoms with Crippen LogP contribution < -0.4 is 14.8 Å². The highest BCUT2D eigenvalue weighted by molar-refractivity contribution is 6.14. The van der Waals surface area contributed by atoms with Gasteiger partial charge in [-0.3, -0.25) is 29.9 Å². The number of hydrogen-bond acceptors (Lipinski definition) is 8. The summed E-state index contributed by atoms with van der Waals surface area (Å²) in [4.78, 5) is 45.8. The van der Waals surface area contributed by atoms with Crippen molar-refractivity contribution in [1.29, 1.82) is 0 Å². The lowest BCUT2D eigenvalue weighted by Crippen LogP contribution is -2.30. The minimum Gasteiger partial charge on any atom is -0.493 e. The second-order valence-corrected chi connectivity index (χ2v) is 6.37. The van der Waals surface area contributed by atoms with Crippen LogP contribution in [-0.2, 0) is 4.79 Å². The maximum Gasteiger partial charge on any atom is 0.329 e. The Balaban J connectivity index is 1.91. The molecule has 164 valence electrons. The van der Waals surface area contributed by atoms with E-state index < -0.39 is 33.2 Å². The van der Waals surface area contributed by atoms with Gasteiger partial charge in [0.15, 0.2) is 11.5 Å². The molecule has 1 heterocycles. The van der Waals surface area contributed by atoms with E-state index in [1.165, 1.54) is 37.5 Å². The van der Waals surface area contributed by atoms with Crippen molar-refractivity contribution >= 4 is 29.4 Å². The first-order valence-corrected chi connectivity index (χ1v) is 8.99. The number of nitrogens with one attached hydrogen (secondary N) is 1. The summed E-state index contributed by atoms with van der Waals surface area (Å²) >= 11 is 0. The van der Waals surface area contributed by atoms with Gasteiger partial charge >= 0.3 is 11.7 Å². The largest absolute Gasteiger partial charge is 0.493 e. The summed E-state index contributed by atoms with van der Waals surface area (Å²) in [7, 11) is 1.34. The van der Waals surface area contributed by atoms with Crippen molar-refractivity contribution in [2.24, 2.45) is 0 Å². The number of benzene rings is 2. The molecule has 1 fully saturated rings. The lowest BCUT2D eigenvalue weighted by molar-refractivity contribution is -0.394. The van der Waals surface area contributed by atoms with Crippen molar-refractivity contribution in [3.8, 4) is 17.2 Å². The Morgan fingerprint density at radius 1 is 1.06 bits per heavy atom. The van der Waals surface area contributed by atoms with Crippen LogP contribution in [0.4, 0.5) is 16.2 Å². The maximum atomic E-state index is 12.3. The van der Waals surface area contributed by atoms with E-state index >= 15 is 0 Å². The van der Waals surface area contributed by atoms with Gasteiger partial charge in [-0.1, -0.05) is 12.1 Å². The zero-order valence-corrected chi connectivity index (χ0v) is 16.6. The fourth-order valence-electron chi connectivity index (χ4n) is 2.86. The molecule has 0 spiro atoms. The van der Waals surface area contributed by atoms with Crippen LogP contribution in [0, 0.1) is 20.2 Å². The normalized spacial score (nSPS) is 14.3. The molecule has 0 aliphatic carbocycles. The number of ether oxygens (including phenoxy) is 2. The standard InChI is InChI=1S/C20H16N4O8/c1-3-8-22-19(25)14(21-20(22)26)9-12-4-6-17(18(10-12)31-2)32-16-7-5-13(23(27)28)11-15(16)24(29)30/h3-7,9-11H,1,8H2,2H3,(H,21,26)/b14-9+. The van der Waals surface area contributed by atoms with E-state index in [9.17, 15) is 29.8 Å². The van der Waals surface area contributed by atoms with Crippen LogP contribution in [0.15, 0.2) is 54.8 Å². The minimum atomic E-state index is -0.795. The number of urea groups is 1. The first kappa shape index (κ1) is 22.0. The number of hydrogen-bond donors (Lipinski definition) is 1. The monoisotopic (exact) mass is 440 g/mol. The first-order chi connectivity index (χ1) is 15.2. The van der Waals surface area contributed by atoms with Gasteiger partial charge in [0.2, 0.25) is 5.75 Å². The lowest BCUT2D eigenvalue weighted by atomic mass is 10.1. The number of carbonyl (C=O) groups excluding carboxylic acids is 2. The number of carbonyl (C=O) groups is 2. The van der Waals surface area contributed by atoms with Crippen LogP contribution in [0.5, 0.6) is 17.2 Å². The Morgan fingerprint density at radius 3 is 2.41 bits per heavy atom. The van der Waals surface area contributed by atoms with Crippen molar-refractivity contribution in [3.05, 3.63) is 80.5 Å². The quantitative estimate of drug-likeness (QED) is 0.215. The number of amides is 3. The minimum absolute atomic E-state index is 0.0542. The molecule has 3 rings (SSSR count). The van der Waals surface area contributed by atoms with Gasteiger partial charge in [0.1, 0.15) is 5.70 Å². The van der Waals surface area contributed by atoms with E-state index in [1.54, 1.807) is 0 Å². The SMILES string of the molecule is C=CCN1C(=O)N/C(=C/c2ccc(Oc3ccc([N+](=O)[O-])cc3[N+](=O)[O-])c(OC)c2)C1=O. The van der Waals surface area contributed by atoms with Crippen LogP contribution in [0.3, 0.4) is 0 Å². The number of imide groups is 1. The van der Waals surface area contributed by atoms with Gasteiger partial charge in [-0.2, -0.15) is 0 Å². The third kappa shape index (κ3) is 4.38. The maximum absolute atomic E-state index is 12.3. The molecule has 32 heavy (non-hydrogen) atoms. The number of non-ortho nitro benzene ring substituents is 1. The Morgan fingerprint density at radius 2 is 1.78 bits per heavy atom. The van der Waals surface area contributed by atoms with E-state index in [4.69, 9.17) is 9.47 Å². The van der Waals surface area contributed by atoms with E-state index in [2.05, 4.69) is 11.9 Å². The van der Waals surface area contributed by atoms with Gasteiger partial charge in [-0.15, -0.1) is 6.58 Å². The van der Waals surface area contributed by atoms with Gasteiger partial charge in [0.05, 0.1) is 23.0 Å². The van der Waals surface area contributed by atoms with E-state index in [0.717, 1.165) is 23.1 Å². The molecule has 1 saturated heterocycles. The Bertz CT molecular complexity index is 1170. The predicted molar refractivity (Wildman–Crippen MR) is 111 cm³/mol. The Hall–Kier alpha value is -4.74. The first-order valence-electron chi connectivity index (χ1n) is 8.99. The number of nitro benzene ring substituents is 2.